The van der Waals surface area contributed by atoms with Gasteiger partial charge in [-0.05, 0) is 43.4 Å². The Morgan fingerprint density at radius 1 is 1.43 bits per heavy atom. The van der Waals surface area contributed by atoms with E-state index in [0.717, 1.165) is 16.5 Å². The van der Waals surface area contributed by atoms with Crippen LogP contribution in [-0.2, 0) is 9.53 Å². The number of fused-ring (bicyclic) bond motifs is 1. The molecule has 3 rings (SSSR count). The van der Waals surface area contributed by atoms with Crippen molar-refractivity contribution in [3.05, 3.63) is 42.1 Å². The number of aliphatic hydroxyl groups excluding tert-OH is 1. The number of para-hydroxylation sites is 1. The number of carbonyl (C=O) groups is 1. The van der Waals surface area contributed by atoms with Gasteiger partial charge in [0.15, 0.2) is 0 Å². The quantitative estimate of drug-likeness (QED) is 0.857. The van der Waals surface area contributed by atoms with Gasteiger partial charge in [-0.25, -0.2) is 0 Å². The standard InChI is InChI=1S/C18H22N2O3/c1-2-23-11-17(22)20-18(13-8-15(21)9-13)14-7-12-5-3-4-6-16(12)19-10-14/h3-7,10,13,15,18,21H,2,8-9,11H2,1H3,(H,20,22)/t13?,15?,18-/m0/s1. The molecule has 1 aliphatic carbocycles. The maximum Gasteiger partial charge on any atom is 0.246 e. The molecule has 122 valence electrons. The second kappa shape index (κ2) is 7.06. The van der Waals surface area contributed by atoms with Crippen molar-refractivity contribution in [1.82, 2.24) is 10.3 Å². The van der Waals surface area contributed by atoms with Crippen molar-refractivity contribution in [2.45, 2.75) is 31.9 Å². The molecule has 1 aromatic carbocycles. The number of hydrogen-bond acceptors (Lipinski definition) is 4. The topological polar surface area (TPSA) is 71.5 Å². The normalized spacial score (nSPS) is 21.7. The van der Waals surface area contributed by atoms with Crippen LogP contribution in [-0.4, -0.2) is 35.3 Å². The predicted octanol–water partition coefficient (Wildman–Crippen LogP) is 2.20. The summed E-state index contributed by atoms with van der Waals surface area (Å²) in [7, 11) is 0. The van der Waals surface area contributed by atoms with Crippen LogP contribution in [0.4, 0.5) is 0 Å². The van der Waals surface area contributed by atoms with Crippen LogP contribution in [0.1, 0.15) is 31.4 Å². The number of nitrogens with one attached hydrogen (secondary N) is 1. The summed E-state index contributed by atoms with van der Waals surface area (Å²) in [4.78, 5) is 16.5. The number of amides is 1. The molecule has 2 aromatic rings. The van der Waals surface area contributed by atoms with Gasteiger partial charge in [-0.3, -0.25) is 9.78 Å². The molecule has 2 N–H and O–H groups in total. The second-order valence-electron chi connectivity index (χ2n) is 6.03. The molecule has 0 spiro atoms. The van der Waals surface area contributed by atoms with Gasteiger partial charge < -0.3 is 15.2 Å². The summed E-state index contributed by atoms with van der Waals surface area (Å²) in [6.45, 7) is 2.43. The molecule has 23 heavy (non-hydrogen) atoms. The lowest BCUT2D eigenvalue weighted by atomic mass is 9.75. The van der Waals surface area contributed by atoms with Crippen LogP contribution in [0, 0.1) is 5.92 Å². The number of benzene rings is 1. The Kier molecular flexibility index (Phi) is 4.88. The Balaban J connectivity index is 1.82. The lowest BCUT2D eigenvalue weighted by Gasteiger charge is -2.38. The molecular formula is C18H22N2O3. The van der Waals surface area contributed by atoms with Crippen LogP contribution in [0.2, 0.25) is 0 Å². The lowest BCUT2D eigenvalue weighted by molar-refractivity contribution is -0.127. The van der Waals surface area contributed by atoms with Crippen LogP contribution in [0.25, 0.3) is 10.9 Å². The van der Waals surface area contributed by atoms with E-state index in [1.54, 1.807) is 0 Å². The third kappa shape index (κ3) is 3.68. The van der Waals surface area contributed by atoms with Gasteiger partial charge in [0, 0.05) is 18.2 Å². The van der Waals surface area contributed by atoms with E-state index >= 15 is 0 Å². The maximum absolute atomic E-state index is 12.1. The first-order valence-corrected chi connectivity index (χ1v) is 8.07. The molecule has 1 saturated carbocycles. The van der Waals surface area contributed by atoms with Crippen molar-refractivity contribution in [1.29, 1.82) is 0 Å². The van der Waals surface area contributed by atoms with E-state index < -0.39 is 0 Å². The smallest absolute Gasteiger partial charge is 0.246 e. The molecule has 1 aliphatic rings. The van der Waals surface area contributed by atoms with Gasteiger partial charge in [0.05, 0.1) is 17.7 Å². The van der Waals surface area contributed by atoms with Crippen molar-refractivity contribution in [2.75, 3.05) is 13.2 Å². The number of aliphatic hydroxyl groups is 1. The first kappa shape index (κ1) is 15.9. The summed E-state index contributed by atoms with van der Waals surface area (Å²) in [5, 5.41) is 13.7. The fourth-order valence-corrected chi connectivity index (χ4v) is 3.04. The number of aromatic nitrogens is 1. The highest BCUT2D eigenvalue weighted by Gasteiger charge is 2.35. The minimum absolute atomic E-state index is 0.0588. The Bertz CT molecular complexity index is 683. The van der Waals surface area contributed by atoms with E-state index in [2.05, 4.69) is 16.4 Å². The minimum Gasteiger partial charge on any atom is -0.393 e. The fraction of sp³-hybridized carbons (Fsp3) is 0.444. The molecular weight excluding hydrogens is 292 g/mol. The third-order valence-corrected chi connectivity index (χ3v) is 4.35. The van der Waals surface area contributed by atoms with E-state index in [1.165, 1.54) is 0 Å². The molecule has 1 aromatic heterocycles. The van der Waals surface area contributed by atoms with Crippen LogP contribution in [0.3, 0.4) is 0 Å². The molecule has 1 amide bonds. The number of rotatable bonds is 6. The van der Waals surface area contributed by atoms with E-state index in [1.807, 2.05) is 37.4 Å². The Labute approximate surface area is 135 Å². The maximum atomic E-state index is 12.1. The molecule has 0 unspecified atom stereocenters. The van der Waals surface area contributed by atoms with Crippen molar-refractivity contribution >= 4 is 16.8 Å². The van der Waals surface area contributed by atoms with Crippen molar-refractivity contribution in [2.24, 2.45) is 5.92 Å². The SMILES string of the molecule is CCOCC(=O)N[C@H](c1cnc2ccccc2c1)C1CC(O)C1. The van der Waals surface area contributed by atoms with E-state index in [4.69, 9.17) is 4.74 Å². The van der Waals surface area contributed by atoms with Gasteiger partial charge in [0.25, 0.3) is 0 Å². The largest absolute Gasteiger partial charge is 0.393 e. The van der Waals surface area contributed by atoms with Gasteiger partial charge in [-0.1, -0.05) is 18.2 Å². The van der Waals surface area contributed by atoms with Crippen molar-refractivity contribution in [3.63, 3.8) is 0 Å². The zero-order chi connectivity index (χ0) is 16.2. The molecule has 0 saturated heterocycles. The van der Waals surface area contributed by atoms with Crippen molar-refractivity contribution in [3.8, 4) is 0 Å². The van der Waals surface area contributed by atoms with E-state index in [9.17, 15) is 9.90 Å². The zero-order valence-electron chi connectivity index (χ0n) is 13.2. The predicted molar refractivity (Wildman–Crippen MR) is 87.9 cm³/mol. The molecule has 5 nitrogen and oxygen atoms in total. The summed E-state index contributed by atoms with van der Waals surface area (Å²) in [5.74, 6) is 0.102. The van der Waals surface area contributed by atoms with Gasteiger partial charge in [0.2, 0.25) is 5.91 Å². The highest BCUT2D eigenvalue weighted by Crippen LogP contribution is 2.38. The van der Waals surface area contributed by atoms with Crippen LogP contribution < -0.4 is 5.32 Å². The van der Waals surface area contributed by atoms with E-state index in [-0.39, 0.29) is 30.6 Å². The van der Waals surface area contributed by atoms with Crippen LogP contribution in [0.15, 0.2) is 36.5 Å². The average Bonchev–Trinajstić information content (AvgIpc) is 2.55. The summed E-state index contributed by atoms with van der Waals surface area (Å²) < 4.78 is 5.18. The Hall–Kier alpha value is -1.98. The summed E-state index contributed by atoms with van der Waals surface area (Å²) in [6.07, 6.45) is 2.96. The van der Waals surface area contributed by atoms with E-state index in [0.29, 0.717) is 19.4 Å². The first-order valence-electron chi connectivity index (χ1n) is 8.07. The highest BCUT2D eigenvalue weighted by atomic mass is 16.5. The lowest BCUT2D eigenvalue weighted by Crippen LogP contribution is -2.42. The number of ether oxygens (including phenoxy) is 1. The molecule has 0 bridgehead atoms. The van der Waals surface area contributed by atoms with Crippen LogP contribution >= 0.6 is 0 Å². The fourth-order valence-electron chi connectivity index (χ4n) is 3.04. The zero-order valence-corrected chi connectivity index (χ0v) is 13.2. The Morgan fingerprint density at radius 3 is 2.96 bits per heavy atom. The molecule has 1 fully saturated rings. The van der Waals surface area contributed by atoms with Gasteiger partial charge >= 0.3 is 0 Å². The van der Waals surface area contributed by atoms with Gasteiger partial charge in [-0.2, -0.15) is 0 Å². The first-order chi connectivity index (χ1) is 11.2. The summed E-state index contributed by atoms with van der Waals surface area (Å²) in [5.41, 5.74) is 1.91. The number of carbonyl (C=O) groups excluding carboxylic acids is 1. The minimum atomic E-state index is -0.264. The molecule has 5 heteroatoms. The molecule has 1 atom stereocenters. The third-order valence-electron chi connectivity index (χ3n) is 4.35. The highest BCUT2D eigenvalue weighted by molar-refractivity contribution is 5.80. The average molecular weight is 314 g/mol. The number of hydrogen-bond donors (Lipinski definition) is 2. The second-order valence-corrected chi connectivity index (χ2v) is 6.03. The van der Waals surface area contributed by atoms with Crippen LogP contribution in [0.5, 0.6) is 0 Å². The molecule has 0 radical (unpaired) electrons. The monoisotopic (exact) mass is 314 g/mol. The summed E-state index contributed by atoms with van der Waals surface area (Å²) in [6, 6.07) is 9.85. The van der Waals surface area contributed by atoms with Gasteiger partial charge in [-0.15, -0.1) is 0 Å². The number of nitrogens with zero attached hydrogens (tertiary/aromatic N) is 1. The molecule has 0 aliphatic heterocycles. The van der Waals surface area contributed by atoms with Crippen molar-refractivity contribution < 1.29 is 14.6 Å². The summed E-state index contributed by atoms with van der Waals surface area (Å²) >= 11 is 0. The Morgan fingerprint density at radius 2 is 2.22 bits per heavy atom. The van der Waals surface area contributed by atoms with Gasteiger partial charge in [0.1, 0.15) is 6.61 Å². The number of pyridine rings is 1. The molecule has 1 heterocycles.